The molecular formula is C18H23N3O3. The number of methoxy groups -OCH3 is 2. The number of nitrogens with zero attached hydrogens (tertiary/aromatic N) is 2. The summed E-state index contributed by atoms with van der Waals surface area (Å²) in [5.41, 5.74) is 1.96. The van der Waals surface area contributed by atoms with Gasteiger partial charge in [-0.1, -0.05) is 0 Å². The van der Waals surface area contributed by atoms with Gasteiger partial charge in [-0.25, -0.2) is 0 Å². The van der Waals surface area contributed by atoms with Crippen LogP contribution in [-0.2, 0) is 0 Å². The van der Waals surface area contributed by atoms with Crippen molar-refractivity contribution in [2.45, 2.75) is 13.8 Å². The molecule has 0 saturated carbocycles. The number of nitrogens with one attached hydrogen (secondary N) is 1. The fourth-order valence-corrected chi connectivity index (χ4v) is 2.42. The number of anilines is 2. The van der Waals surface area contributed by atoms with Gasteiger partial charge in [-0.15, -0.1) is 0 Å². The molecule has 0 atom stereocenters. The molecule has 6 nitrogen and oxygen atoms in total. The van der Waals surface area contributed by atoms with E-state index in [9.17, 15) is 4.79 Å². The van der Waals surface area contributed by atoms with Gasteiger partial charge in [0, 0.05) is 25.4 Å². The highest BCUT2D eigenvalue weighted by Gasteiger charge is 2.13. The number of amides is 1. The van der Waals surface area contributed by atoms with Gasteiger partial charge in [-0.05, 0) is 32.0 Å². The average Bonchev–Trinajstić information content (AvgIpc) is 2.63. The number of aromatic nitrogens is 1. The summed E-state index contributed by atoms with van der Waals surface area (Å²) in [6.07, 6.45) is 3.31. The highest BCUT2D eigenvalue weighted by Crippen LogP contribution is 2.29. The van der Waals surface area contributed by atoms with E-state index >= 15 is 0 Å². The standard InChI is InChI=1S/C18H23N3O3/c1-5-21(6-2)14-9-13(11-19-12-14)18(22)20-16-10-15(23-3)7-8-17(16)24-4/h7-12H,5-6H2,1-4H3,(H,20,22). The molecule has 0 radical (unpaired) electrons. The van der Waals surface area contributed by atoms with E-state index in [0.29, 0.717) is 22.7 Å². The molecule has 1 aromatic heterocycles. The zero-order valence-electron chi connectivity index (χ0n) is 14.5. The van der Waals surface area contributed by atoms with Crippen LogP contribution >= 0.6 is 0 Å². The molecule has 2 aromatic rings. The summed E-state index contributed by atoms with van der Waals surface area (Å²) in [6, 6.07) is 7.08. The van der Waals surface area contributed by atoms with Crippen LogP contribution in [0.15, 0.2) is 36.7 Å². The van der Waals surface area contributed by atoms with Crippen LogP contribution in [0.1, 0.15) is 24.2 Å². The fraction of sp³-hybridized carbons (Fsp3) is 0.333. The Kier molecular flexibility index (Phi) is 6.01. The third kappa shape index (κ3) is 3.95. The molecule has 0 aliphatic heterocycles. The van der Waals surface area contributed by atoms with Crippen molar-refractivity contribution in [2.24, 2.45) is 0 Å². The van der Waals surface area contributed by atoms with Crippen LogP contribution in [0.5, 0.6) is 11.5 Å². The fourth-order valence-electron chi connectivity index (χ4n) is 2.42. The van der Waals surface area contributed by atoms with Gasteiger partial charge < -0.3 is 19.7 Å². The Hall–Kier alpha value is -2.76. The number of pyridine rings is 1. The lowest BCUT2D eigenvalue weighted by molar-refractivity contribution is 0.102. The quantitative estimate of drug-likeness (QED) is 0.845. The summed E-state index contributed by atoms with van der Waals surface area (Å²) >= 11 is 0. The highest BCUT2D eigenvalue weighted by molar-refractivity contribution is 6.05. The first-order chi connectivity index (χ1) is 11.6. The predicted molar refractivity (Wildman–Crippen MR) is 95.3 cm³/mol. The van der Waals surface area contributed by atoms with Gasteiger partial charge in [0.1, 0.15) is 11.5 Å². The molecule has 0 aliphatic rings. The van der Waals surface area contributed by atoms with E-state index in [4.69, 9.17) is 9.47 Å². The molecule has 24 heavy (non-hydrogen) atoms. The van der Waals surface area contributed by atoms with Gasteiger partial charge in [0.15, 0.2) is 0 Å². The number of carbonyl (C=O) groups is 1. The molecule has 6 heteroatoms. The lowest BCUT2D eigenvalue weighted by Gasteiger charge is -2.21. The van der Waals surface area contributed by atoms with Gasteiger partial charge in [0.25, 0.3) is 5.91 Å². The molecule has 1 heterocycles. The summed E-state index contributed by atoms with van der Waals surface area (Å²) < 4.78 is 10.5. The van der Waals surface area contributed by atoms with E-state index in [-0.39, 0.29) is 5.91 Å². The van der Waals surface area contributed by atoms with E-state index in [2.05, 4.69) is 29.0 Å². The molecule has 0 fully saturated rings. The number of carbonyl (C=O) groups excluding carboxylic acids is 1. The number of benzene rings is 1. The van der Waals surface area contributed by atoms with Gasteiger partial charge in [-0.2, -0.15) is 0 Å². The van der Waals surface area contributed by atoms with Gasteiger partial charge >= 0.3 is 0 Å². The lowest BCUT2D eigenvalue weighted by Crippen LogP contribution is -2.22. The van der Waals surface area contributed by atoms with Crippen molar-refractivity contribution in [3.63, 3.8) is 0 Å². The third-order valence-corrected chi connectivity index (χ3v) is 3.77. The van der Waals surface area contributed by atoms with E-state index in [0.717, 1.165) is 18.8 Å². The molecule has 128 valence electrons. The smallest absolute Gasteiger partial charge is 0.257 e. The summed E-state index contributed by atoms with van der Waals surface area (Å²) in [5, 5.41) is 2.85. The first-order valence-electron chi connectivity index (χ1n) is 7.86. The van der Waals surface area contributed by atoms with Crippen molar-refractivity contribution in [3.8, 4) is 11.5 Å². The zero-order valence-corrected chi connectivity index (χ0v) is 14.5. The Bertz CT molecular complexity index is 700. The minimum atomic E-state index is -0.247. The summed E-state index contributed by atoms with van der Waals surface area (Å²) in [6.45, 7) is 5.84. The van der Waals surface area contributed by atoms with E-state index < -0.39 is 0 Å². The monoisotopic (exact) mass is 329 g/mol. The van der Waals surface area contributed by atoms with Crippen LogP contribution in [0.25, 0.3) is 0 Å². The Morgan fingerprint density at radius 3 is 2.50 bits per heavy atom. The number of hydrogen-bond donors (Lipinski definition) is 1. The second-order valence-electron chi connectivity index (χ2n) is 5.12. The number of rotatable bonds is 7. The van der Waals surface area contributed by atoms with E-state index in [1.807, 2.05) is 6.07 Å². The van der Waals surface area contributed by atoms with Gasteiger partial charge in [0.05, 0.1) is 37.4 Å². The first kappa shape index (κ1) is 17.6. The van der Waals surface area contributed by atoms with Crippen LogP contribution in [0.3, 0.4) is 0 Å². The van der Waals surface area contributed by atoms with E-state index in [1.165, 1.54) is 0 Å². The number of hydrogen-bond acceptors (Lipinski definition) is 5. The van der Waals surface area contributed by atoms with Gasteiger partial charge in [-0.3, -0.25) is 9.78 Å². The average molecular weight is 329 g/mol. The molecule has 0 spiro atoms. The SMILES string of the molecule is CCN(CC)c1cncc(C(=O)Nc2cc(OC)ccc2OC)c1. The second-order valence-corrected chi connectivity index (χ2v) is 5.12. The molecule has 2 rings (SSSR count). The van der Waals surface area contributed by atoms with Crippen molar-refractivity contribution in [2.75, 3.05) is 37.5 Å². The number of ether oxygens (including phenoxy) is 2. The van der Waals surface area contributed by atoms with Crippen molar-refractivity contribution < 1.29 is 14.3 Å². The zero-order chi connectivity index (χ0) is 17.5. The van der Waals surface area contributed by atoms with Crippen LogP contribution in [-0.4, -0.2) is 38.2 Å². The van der Waals surface area contributed by atoms with Crippen molar-refractivity contribution in [1.82, 2.24) is 4.98 Å². The van der Waals surface area contributed by atoms with E-state index in [1.54, 1.807) is 44.8 Å². The summed E-state index contributed by atoms with van der Waals surface area (Å²) in [4.78, 5) is 18.9. The predicted octanol–water partition coefficient (Wildman–Crippen LogP) is 3.20. The molecule has 1 aromatic carbocycles. The van der Waals surface area contributed by atoms with Crippen molar-refractivity contribution in [1.29, 1.82) is 0 Å². The Balaban J connectivity index is 2.25. The Morgan fingerprint density at radius 2 is 1.88 bits per heavy atom. The van der Waals surface area contributed by atoms with Gasteiger partial charge in [0.2, 0.25) is 0 Å². The van der Waals surface area contributed by atoms with Crippen LogP contribution in [0.4, 0.5) is 11.4 Å². The summed E-state index contributed by atoms with van der Waals surface area (Å²) in [7, 11) is 3.13. The Morgan fingerprint density at radius 1 is 1.12 bits per heavy atom. The van der Waals surface area contributed by atoms with Crippen LogP contribution in [0.2, 0.25) is 0 Å². The largest absolute Gasteiger partial charge is 0.497 e. The Labute approximate surface area is 142 Å². The van der Waals surface area contributed by atoms with Crippen LogP contribution in [0, 0.1) is 0 Å². The normalized spacial score (nSPS) is 10.2. The molecular weight excluding hydrogens is 306 g/mol. The minimum Gasteiger partial charge on any atom is -0.497 e. The molecule has 1 N–H and O–H groups in total. The molecule has 0 aliphatic carbocycles. The molecule has 0 bridgehead atoms. The lowest BCUT2D eigenvalue weighted by atomic mass is 10.2. The third-order valence-electron chi connectivity index (χ3n) is 3.77. The molecule has 0 unspecified atom stereocenters. The minimum absolute atomic E-state index is 0.247. The van der Waals surface area contributed by atoms with Crippen LogP contribution < -0.4 is 19.7 Å². The van der Waals surface area contributed by atoms with Crippen molar-refractivity contribution >= 4 is 17.3 Å². The maximum atomic E-state index is 12.6. The molecule has 1 amide bonds. The van der Waals surface area contributed by atoms with Crippen molar-refractivity contribution in [3.05, 3.63) is 42.2 Å². The molecule has 0 saturated heterocycles. The maximum absolute atomic E-state index is 12.6. The maximum Gasteiger partial charge on any atom is 0.257 e. The highest BCUT2D eigenvalue weighted by atomic mass is 16.5. The first-order valence-corrected chi connectivity index (χ1v) is 7.86. The summed E-state index contributed by atoms with van der Waals surface area (Å²) in [5.74, 6) is 0.959. The topological polar surface area (TPSA) is 63.7 Å². The second kappa shape index (κ2) is 8.19.